The van der Waals surface area contributed by atoms with Gasteiger partial charge in [-0.05, 0) is 25.7 Å². The van der Waals surface area contributed by atoms with Crippen LogP contribution in [0, 0.1) is 10.8 Å². The summed E-state index contributed by atoms with van der Waals surface area (Å²) in [6.07, 6.45) is 2.19. The van der Waals surface area contributed by atoms with E-state index in [9.17, 15) is 23.8 Å². The van der Waals surface area contributed by atoms with Gasteiger partial charge in [0.25, 0.3) is 0 Å². The first-order chi connectivity index (χ1) is 7.94. The van der Waals surface area contributed by atoms with E-state index in [0.29, 0.717) is 12.8 Å². The van der Waals surface area contributed by atoms with E-state index in [1.54, 1.807) is 0 Å². The Morgan fingerprint density at radius 2 is 1.59 bits per heavy atom. The molecule has 2 saturated carbocycles. The van der Waals surface area contributed by atoms with Gasteiger partial charge in [0, 0.05) is 5.41 Å². The van der Waals surface area contributed by atoms with Crippen LogP contribution in [0.15, 0.2) is 0 Å². The van der Waals surface area contributed by atoms with Crippen molar-refractivity contribution in [3.8, 4) is 0 Å². The highest BCUT2D eigenvalue weighted by Gasteiger charge is 2.67. The van der Waals surface area contributed by atoms with E-state index in [1.165, 1.54) is 0 Å². The van der Waals surface area contributed by atoms with Crippen molar-refractivity contribution in [3.63, 3.8) is 0 Å². The molecule has 2 rings (SSSR count). The van der Waals surface area contributed by atoms with Crippen LogP contribution in [0.3, 0.4) is 0 Å². The molecule has 0 bridgehead atoms. The van der Waals surface area contributed by atoms with Crippen molar-refractivity contribution in [2.24, 2.45) is 10.8 Å². The molecule has 0 amide bonds. The Bertz CT molecular complexity index is 312. The van der Waals surface area contributed by atoms with E-state index in [0.717, 1.165) is 12.8 Å². The molecule has 0 aromatic heterocycles. The first kappa shape index (κ1) is 12.7. The molecule has 0 unspecified atom stereocenters. The zero-order valence-corrected chi connectivity index (χ0v) is 9.72. The van der Waals surface area contributed by atoms with Gasteiger partial charge in [-0.15, -0.1) is 0 Å². The third kappa shape index (κ3) is 1.58. The van der Waals surface area contributed by atoms with E-state index in [-0.39, 0.29) is 12.8 Å². The summed E-state index contributed by atoms with van der Waals surface area (Å²) in [5.41, 5.74) is -3.74. The average molecular weight is 248 g/mol. The van der Waals surface area contributed by atoms with Crippen molar-refractivity contribution < 1.29 is 23.8 Å². The second-order valence-corrected chi connectivity index (χ2v) is 5.75. The minimum absolute atomic E-state index is 0.0701. The molecule has 0 aliphatic heterocycles. The summed E-state index contributed by atoms with van der Waals surface area (Å²) < 4.78 is 25.5. The van der Waals surface area contributed by atoms with Gasteiger partial charge < -0.3 is 10.2 Å². The molecule has 17 heavy (non-hydrogen) atoms. The Balaban J connectivity index is 2.20. The predicted octanol–water partition coefficient (Wildman–Crippen LogP) is 2.08. The SMILES string of the molecule is O=C(O)C1(C2(O)CC(CF)(CF)C2)CCCC1. The minimum atomic E-state index is -1.42. The van der Waals surface area contributed by atoms with E-state index >= 15 is 0 Å². The maximum absolute atomic E-state index is 12.8. The van der Waals surface area contributed by atoms with E-state index < -0.39 is 35.7 Å². The van der Waals surface area contributed by atoms with E-state index in [1.807, 2.05) is 0 Å². The van der Waals surface area contributed by atoms with Crippen LogP contribution in [0.2, 0.25) is 0 Å². The number of aliphatic hydroxyl groups is 1. The van der Waals surface area contributed by atoms with Gasteiger partial charge in [0.2, 0.25) is 0 Å². The quantitative estimate of drug-likeness (QED) is 0.800. The molecule has 2 N–H and O–H groups in total. The van der Waals surface area contributed by atoms with Gasteiger partial charge in [0.15, 0.2) is 0 Å². The number of hydrogen-bond acceptors (Lipinski definition) is 2. The first-order valence-electron chi connectivity index (χ1n) is 6.01. The van der Waals surface area contributed by atoms with Gasteiger partial charge in [-0.3, -0.25) is 13.6 Å². The Hall–Kier alpha value is -0.710. The molecule has 0 radical (unpaired) electrons. The van der Waals surface area contributed by atoms with E-state index in [4.69, 9.17) is 0 Å². The van der Waals surface area contributed by atoms with Crippen molar-refractivity contribution in [3.05, 3.63) is 0 Å². The molecular weight excluding hydrogens is 230 g/mol. The lowest BCUT2D eigenvalue weighted by Gasteiger charge is -2.57. The van der Waals surface area contributed by atoms with Crippen molar-refractivity contribution in [2.75, 3.05) is 13.3 Å². The van der Waals surface area contributed by atoms with Gasteiger partial charge in [0.1, 0.15) is 0 Å². The summed E-state index contributed by atoms with van der Waals surface area (Å²) in [6.45, 7) is -1.66. The molecule has 0 saturated heterocycles. The van der Waals surface area contributed by atoms with Crippen LogP contribution in [-0.4, -0.2) is 35.1 Å². The number of carbonyl (C=O) groups is 1. The van der Waals surface area contributed by atoms with Crippen LogP contribution < -0.4 is 0 Å². The maximum Gasteiger partial charge on any atom is 0.312 e. The number of hydrogen-bond donors (Lipinski definition) is 2. The Labute approximate surface area is 98.8 Å². The van der Waals surface area contributed by atoms with Crippen molar-refractivity contribution in [1.82, 2.24) is 0 Å². The summed E-state index contributed by atoms with van der Waals surface area (Å²) in [4.78, 5) is 11.4. The molecule has 2 fully saturated rings. The van der Waals surface area contributed by atoms with Gasteiger partial charge in [-0.2, -0.15) is 0 Å². The van der Waals surface area contributed by atoms with Crippen LogP contribution in [0.25, 0.3) is 0 Å². The second kappa shape index (κ2) is 3.90. The minimum Gasteiger partial charge on any atom is -0.481 e. The monoisotopic (exact) mass is 248 g/mol. The molecule has 5 heteroatoms. The Morgan fingerprint density at radius 1 is 1.12 bits per heavy atom. The van der Waals surface area contributed by atoms with Crippen LogP contribution in [0.4, 0.5) is 8.78 Å². The summed E-state index contributed by atoms with van der Waals surface area (Å²) in [7, 11) is 0. The molecule has 0 aromatic carbocycles. The molecular formula is C12H18F2O3. The van der Waals surface area contributed by atoms with Gasteiger partial charge >= 0.3 is 5.97 Å². The summed E-state index contributed by atoms with van der Waals surface area (Å²) >= 11 is 0. The molecule has 0 atom stereocenters. The normalized spacial score (nSPS) is 28.6. The number of aliphatic carboxylic acids is 1. The van der Waals surface area contributed by atoms with E-state index in [2.05, 4.69) is 0 Å². The highest BCUT2D eigenvalue weighted by Crippen LogP contribution is 2.61. The molecule has 2 aliphatic rings. The Kier molecular flexibility index (Phi) is 2.92. The van der Waals surface area contributed by atoms with Gasteiger partial charge in [-0.25, -0.2) is 0 Å². The molecule has 0 spiro atoms. The molecule has 2 aliphatic carbocycles. The number of alkyl halides is 2. The number of halogens is 2. The first-order valence-corrected chi connectivity index (χ1v) is 6.01. The van der Waals surface area contributed by atoms with Crippen LogP contribution >= 0.6 is 0 Å². The van der Waals surface area contributed by atoms with Crippen molar-refractivity contribution in [2.45, 2.75) is 44.1 Å². The van der Waals surface area contributed by atoms with Crippen LogP contribution in [-0.2, 0) is 4.79 Å². The van der Waals surface area contributed by atoms with Crippen molar-refractivity contribution >= 4 is 5.97 Å². The fourth-order valence-electron chi connectivity index (χ4n) is 3.61. The zero-order valence-electron chi connectivity index (χ0n) is 9.72. The zero-order chi connectivity index (χ0) is 12.7. The van der Waals surface area contributed by atoms with Gasteiger partial charge in [-0.1, -0.05) is 12.8 Å². The number of rotatable bonds is 4. The fourth-order valence-corrected chi connectivity index (χ4v) is 3.61. The van der Waals surface area contributed by atoms with Crippen molar-refractivity contribution in [1.29, 1.82) is 0 Å². The number of carboxylic acids is 1. The lowest BCUT2D eigenvalue weighted by molar-refractivity contribution is -0.222. The molecule has 3 nitrogen and oxygen atoms in total. The molecule has 0 aromatic rings. The summed E-state index contributed by atoms with van der Waals surface area (Å²) in [6, 6.07) is 0. The summed E-state index contributed by atoms with van der Waals surface area (Å²) in [5, 5.41) is 19.7. The standard InChI is InChI=1S/C12H18F2O3/c13-7-10(8-14)5-12(17,6-10)11(9(15)16)3-1-2-4-11/h17H,1-8H2,(H,15,16). The highest BCUT2D eigenvalue weighted by molar-refractivity contribution is 5.77. The smallest absolute Gasteiger partial charge is 0.312 e. The summed E-state index contributed by atoms with van der Waals surface area (Å²) in [5.74, 6) is -1.02. The third-order valence-electron chi connectivity index (χ3n) is 4.66. The average Bonchev–Trinajstić information content (AvgIpc) is 2.75. The lowest BCUT2D eigenvalue weighted by Crippen LogP contribution is -2.65. The fraction of sp³-hybridized carbons (Fsp3) is 0.917. The van der Waals surface area contributed by atoms with Crippen LogP contribution in [0.1, 0.15) is 38.5 Å². The topological polar surface area (TPSA) is 57.5 Å². The number of carboxylic acid groups (broad SMARTS) is 1. The predicted molar refractivity (Wildman–Crippen MR) is 57.1 cm³/mol. The highest BCUT2D eigenvalue weighted by atomic mass is 19.1. The van der Waals surface area contributed by atoms with Crippen LogP contribution in [0.5, 0.6) is 0 Å². The maximum atomic E-state index is 12.8. The van der Waals surface area contributed by atoms with Gasteiger partial charge in [0.05, 0.1) is 24.4 Å². The largest absolute Gasteiger partial charge is 0.481 e. The Morgan fingerprint density at radius 3 is 1.94 bits per heavy atom. The third-order valence-corrected chi connectivity index (χ3v) is 4.66. The molecule has 98 valence electrons. The lowest BCUT2D eigenvalue weighted by atomic mass is 9.50. The molecule has 0 heterocycles. The second-order valence-electron chi connectivity index (χ2n) is 5.75.